The smallest absolute Gasteiger partial charge is 0.236 e. The minimum Gasteiger partial charge on any atom is -0.454 e. The molecule has 0 radical (unpaired) electrons. The average Bonchev–Trinajstić information content (AvgIpc) is 1.96. The molecule has 4 aliphatic heterocycles. The number of nitrogens with one attached hydrogen (secondary N) is 2. The van der Waals surface area contributed by atoms with E-state index in [-0.39, 0.29) is 59.8 Å². The first-order chi connectivity index (χ1) is 39.8. The summed E-state index contributed by atoms with van der Waals surface area (Å²) in [5, 5.41) is 9.34. The van der Waals surface area contributed by atoms with Crippen LogP contribution in [-0.4, -0.2) is 100 Å². The Morgan fingerprint density at radius 2 is 0.964 bits per heavy atom. The van der Waals surface area contributed by atoms with Crippen molar-refractivity contribution in [2.45, 2.75) is 165 Å². The number of hydrogen-bond donors (Lipinski definition) is 2. The molecule has 2 saturated carbocycles. The lowest BCUT2D eigenvalue weighted by atomic mass is 9.94. The molecule has 14 nitrogen and oxygen atoms in total. The number of carbonyl (C=O) groups is 2. The third-order valence-electron chi connectivity index (χ3n) is 18.8. The van der Waals surface area contributed by atoms with Gasteiger partial charge in [0.25, 0.3) is 0 Å². The molecule has 4 aromatic carbocycles. The van der Waals surface area contributed by atoms with Gasteiger partial charge in [-0.15, -0.1) is 0 Å². The third kappa shape index (κ3) is 12.2. The molecular formula is C64H80Cl2N6O8S2Si2. The second kappa shape index (κ2) is 23.3. The molecule has 84 heavy (non-hydrogen) atoms. The molecule has 4 fully saturated rings. The van der Waals surface area contributed by atoms with Crippen LogP contribution >= 0.6 is 45.9 Å². The molecule has 0 bridgehead atoms. The van der Waals surface area contributed by atoms with Crippen molar-refractivity contribution in [1.29, 1.82) is 0 Å². The minimum atomic E-state index is -1.90. The fourth-order valence-corrected chi connectivity index (χ4v) is 17.0. The first kappa shape index (κ1) is 60.8. The van der Waals surface area contributed by atoms with Gasteiger partial charge in [-0.2, -0.15) is 0 Å². The van der Waals surface area contributed by atoms with E-state index in [2.05, 4.69) is 100 Å². The maximum Gasteiger partial charge on any atom is 0.236 e. The highest BCUT2D eigenvalue weighted by Gasteiger charge is 2.54. The van der Waals surface area contributed by atoms with Gasteiger partial charge in [0.2, 0.25) is 25.4 Å². The summed E-state index contributed by atoms with van der Waals surface area (Å²) in [5.74, 6) is 2.78. The van der Waals surface area contributed by atoms with Crippen LogP contribution in [0.4, 0.5) is 10.3 Å². The number of aromatic nitrogens is 2. The Labute approximate surface area is 515 Å². The van der Waals surface area contributed by atoms with Crippen LogP contribution in [0.5, 0.6) is 23.0 Å². The molecule has 6 aliphatic rings. The summed E-state index contributed by atoms with van der Waals surface area (Å²) in [5.41, 5.74) is 4.70. The summed E-state index contributed by atoms with van der Waals surface area (Å²) in [6.45, 7) is 30.9. The van der Waals surface area contributed by atoms with E-state index in [0.29, 0.717) is 21.8 Å². The van der Waals surface area contributed by atoms with Crippen molar-refractivity contribution < 1.29 is 37.4 Å². The molecule has 2 N–H and O–H groups in total. The molecule has 2 saturated heterocycles. The van der Waals surface area contributed by atoms with E-state index in [4.69, 9.17) is 61.0 Å². The number of aryl methyl sites for hydroxylation is 2. The van der Waals surface area contributed by atoms with E-state index in [0.717, 1.165) is 130 Å². The Morgan fingerprint density at radius 3 is 1.32 bits per heavy atom. The largest absolute Gasteiger partial charge is 0.454 e. The van der Waals surface area contributed by atoms with E-state index in [1.807, 2.05) is 86.6 Å². The van der Waals surface area contributed by atoms with E-state index in [1.165, 1.54) is 0 Å². The van der Waals surface area contributed by atoms with Crippen LogP contribution in [0, 0.1) is 13.8 Å². The number of halogens is 2. The van der Waals surface area contributed by atoms with Crippen LogP contribution in [0.3, 0.4) is 0 Å². The number of benzene rings is 4. The number of nitrogens with zero attached hydrogens (tertiary/aromatic N) is 4. The molecule has 6 heterocycles. The second-order valence-electron chi connectivity index (χ2n) is 26.6. The topological polar surface area (TPSA) is 146 Å². The van der Waals surface area contributed by atoms with Crippen LogP contribution in [0.25, 0.3) is 0 Å². The second-order valence-corrected chi connectivity index (χ2v) is 38.9. The van der Waals surface area contributed by atoms with E-state index < -0.39 is 27.5 Å². The molecule has 6 aromatic rings. The van der Waals surface area contributed by atoms with Crippen molar-refractivity contribution >= 4 is 84.6 Å². The summed E-state index contributed by atoms with van der Waals surface area (Å²) >= 11 is 16.7. The normalized spacial score (nSPS) is 20.5. The number of thiazole rings is 2. The standard InChI is InChI=1S/2C32H40ClN3O4SSi/c2*1-20-28(41-30(34-20)35-29(37)32(14-15-32)21-11-12-25-26(17-21)39-19-38-25)27(23-9-7-8-10-24(23)33)36-16-13-22(18-36)40-42(5,6)31(2,3)4/h2*7-12,17,22,27H,13-16,18-19H2,1-6H3,(H,34,35,37)/t22-,27+;22-,27-/m00/s1. The van der Waals surface area contributed by atoms with Gasteiger partial charge < -0.3 is 38.4 Å². The van der Waals surface area contributed by atoms with E-state index in [9.17, 15) is 9.59 Å². The number of rotatable bonds is 16. The van der Waals surface area contributed by atoms with Gasteiger partial charge in [-0.1, -0.05) is 136 Å². The lowest BCUT2D eigenvalue weighted by Gasteiger charge is -2.38. The average molecular weight is 1250 g/mol. The van der Waals surface area contributed by atoms with Crippen LogP contribution in [0.2, 0.25) is 46.3 Å². The quantitative estimate of drug-likeness (QED) is 0.0890. The maximum absolute atomic E-state index is 13.7. The number of carbonyl (C=O) groups excluding carboxylic acids is 2. The number of ether oxygens (including phenoxy) is 4. The fraction of sp³-hybridized carbons (Fsp3) is 0.500. The molecule has 448 valence electrons. The van der Waals surface area contributed by atoms with Gasteiger partial charge in [0.1, 0.15) is 0 Å². The van der Waals surface area contributed by atoms with E-state index in [1.54, 1.807) is 22.7 Å². The monoisotopic (exact) mass is 1250 g/mol. The maximum atomic E-state index is 13.7. The third-order valence-corrected chi connectivity index (χ3v) is 30.8. The number of fused-ring (bicyclic) bond motifs is 2. The highest BCUT2D eigenvalue weighted by atomic mass is 35.5. The lowest BCUT2D eigenvalue weighted by Crippen LogP contribution is -2.44. The van der Waals surface area contributed by atoms with Crippen molar-refractivity contribution in [2.24, 2.45) is 0 Å². The molecule has 4 atom stereocenters. The van der Waals surface area contributed by atoms with Crippen molar-refractivity contribution in [3.63, 3.8) is 0 Å². The Bertz CT molecular complexity index is 3220. The lowest BCUT2D eigenvalue weighted by molar-refractivity contribution is -0.119. The minimum absolute atomic E-state index is 0.0278. The summed E-state index contributed by atoms with van der Waals surface area (Å²) in [4.78, 5) is 44.2. The van der Waals surface area contributed by atoms with Crippen molar-refractivity contribution in [3.8, 4) is 23.0 Å². The van der Waals surface area contributed by atoms with E-state index >= 15 is 0 Å². The summed E-state index contributed by atoms with van der Waals surface area (Å²) < 4.78 is 35.7. The molecule has 2 amide bonds. The Morgan fingerprint density at radius 1 is 0.595 bits per heavy atom. The van der Waals surface area contributed by atoms with Crippen LogP contribution < -0.4 is 29.6 Å². The van der Waals surface area contributed by atoms with Gasteiger partial charge >= 0.3 is 0 Å². The molecule has 2 aromatic heterocycles. The number of hydrogen-bond acceptors (Lipinski definition) is 14. The Kier molecular flexibility index (Phi) is 16.9. The van der Waals surface area contributed by atoms with Crippen molar-refractivity contribution in [2.75, 3.05) is 50.4 Å². The van der Waals surface area contributed by atoms with Gasteiger partial charge in [-0.05, 0) is 147 Å². The van der Waals surface area contributed by atoms with Gasteiger partial charge in [0, 0.05) is 36.2 Å². The molecule has 2 aliphatic carbocycles. The molecular weight excluding hydrogens is 1170 g/mol. The van der Waals surface area contributed by atoms with Crippen LogP contribution in [-0.2, 0) is 29.3 Å². The van der Waals surface area contributed by atoms with Crippen molar-refractivity contribution in [1.82, 2.24) is 19.8 Å². The van der Waals surface area contributed by atoms with Gasteiger partial charge in [0.05, 0.1) is 56.3 Å². The molecule has 12 rings (SSSR count). The molecule has 0 spiro atoms. The van der Waals surface area contributed by atoms with Gasteiger partial charge in [0.15, 0.2) is 49.9 Å². The first-order valence-electron chi connectivity index (χ1n) is 29.5. The highest BCUT2D eigenvalue weighted by molar-refractivity contribution is 7.16. The zero-order chi connectivity index (χ0) is 59.7. The first-order valence-corrected chi connectivity index (χ1v) is 37.7. The van der Waals surface area contributed by atoms with Crippen LogP contribution in [0.1, 0.15) is 136 Å². The Hall–Kier alpha value is -4.87. The SMILES string of the molecule is Cc1nc(NC(=O)C2(c3ccc4c(c3)OCO4)CC2)sc1[C@@H](c1ccccc1Cl)N1CC[C@H](O[Si](C)(C)C(C)(C)C)C1.Cc1nc(NC(=O)C2(c3ccc4c(c3)OCO4)CC2)sc1[C@H](c1ccccc1Cl)N1CC[C@H](O[Si](C)(C)C(C)(C)C)C1. The number of likely N-dealkylation sites (tertiary alicyclic amines) is 2. The molecule has 0 unspecified atom stereocenters. The predicted molar refractivity (Wildman–Crippen MR) is 341 cm³/mol. The van der Waals surface area contributed by atoms with Gasteiger partial charge in [-0.25, -0.2) is 9.97 Å². The number of anilines is 2. The molecule has 20 heteroatoms. The zero-order valence-electron chi connectivity index (χ0n) is 50.5. The predicted octanol–water partition coefficient (Wildman–Crippen LogP) is 15.4. The van der Waals surface area contributed by atoms with Crippen LogP contribution in [0.15, 0.2) is 84.9 Å². The van der Waals surface area contributed by atoms with Crippen molar-refractivity contribution in [3.05, 3.63) is 138 Å². The Balaban J connectivity index is 0.000000175. The highest BCUT2D eigenvalue weighted by Crippen LogP contribution is 2.54. The number of amides is 2. The van der Waals surface area contributed by atoms with Gasteiger partial charge in [-0.3, -0.25) is 19.4 Å². The fourth-order valence-electron chi connectivity index (χ4n) is 11.6. The summed E-state index contributed by atoms with van der Waals surface area (Å²) in [6.07, 6.45) is 5.49. The summed E-state index contributed by atoms with van der Waals surface area (Å²) in [6, 6.07) is 27.6. The summed E-state index contributed by atoms with van der Waals surface area (Å²) in [7, 11) is -3.80. The zero-order valence-corrected chi connectivity index (χ0v) is 55.6.